The molecule has 0 bridgehead atoms. The van der Waals surface area contributed by atoms with E-state index in [9.17, 15) is 0 Å². The molecule has 3 aromatic carbocycles. The molecule has 0 radical (unpaired) electrons. The zero-order valence-electron chi connectivity index (χ0n) is 15.7. The molecule has 0 saturated heterocycles. The van der Waals surface area contributed by atoms with E-state index in [0.29, 0.717) is 0 Å². The van der Waals surface area contributed by atoms with Gasteiger partial charge in [-0.2, -0.15) is 0 Å². The summed E-state index contributed by atoms with van der Waals surface area (Å²) in [6.45, 7) is 2.10. The molecule has 4 heteroatoms. The van der Waals surface area contributed by atoms with Crippen LogP contribution in [0.25, 0.3) is 23.2 Å². The van der Waals surface area contributed by atoms with Crippen molar-refractivity contribution in [3.8, 4) is 17.1 Å². The van der Waals surface area contributed by atoms with Crippen LogP contribution in [0.3, 0.4) is 0 Å². The van der Waals surface area contributed by atoms with Gasteiger partial charge in [-0.1, -0.05) is 102 Å². The van der Waals surface area contributed by atoms with E-state index in [1.807, 2.05) is 36.4 Å². The molecule has 138 valence electrons. The molecule has 4 aromatic rings. The van der Waals surface area contributed by atoms with Gasteiger partial charge in [0.1, 0.15) is 0 Å². The average Bonchev–Trinajstić information content (AvgIpc) is 3.17. The Labute approximate surface area is 169 Å². The lowest BCUT2D eigenvalue weighted by Crippen LogP contribution is -1.99. The van der Waals surface area contributed by atoms with Crippen LogP contribution >= 0.6 is 11.8 Å². The zero-order valence-corrected chi connectivity index (χ0v) is 16.5. The van der Waals surface area contributed by atoms with Crippen LogP contribution in [0.15, 0.2) is 96.2 Å². The van der Waals surface area contributed by atoms with Gasteiger partial charge in [-0.3, -0.25) is 4.57 Å². The van der Waals surface area contributed by atoms with E-state index in [-0.39, 0.29) is 0 Å². The first kappa shape index (κ1) is 18.3. The van der Waals surface area contributed by atoms with E-state index in [1.165, 1.54) is 11.1 Å². The molecule has 0 unspecified atom stereocenters. The Morgan fingerprint density at radius 2 is 1.50 bits per heavy atom. The van der Waals surface area contributed by atoms with Gasteiger partial charge in [-0.25, -0.2) is 0 Å². The third-order valence-corrected chi connectivity index (χ3v) is 5.26. The third kappa shape index (κ3) is 4.24. The molecular formula is C24H21N3S. The molecule has 0 atom stereocenters. The van der Waals surface area contributed by atoms with Gasteiger partial charge < -0.3 is 0 Å². The van der Waals surface area contributed by atoms with Crippen LogP contribution in [-0.4, -0.2) is 20.5 Å². The highest BCUT2D eigenvalue weighted by Gasteiger charge is 2.15. The van der Waals surface area contributed by atoms with Crippen LogP contribution in [0.1, 0.15) is 11.1 Å². The summed E-state index contributed by atoms with van der Waals surface area (Å²) in [5.41, 5.74) is 4.57. The van der Waals surface area contributed by atoms with E-state index in [2.05, 4.69) is 82.4 Å². The van der Waals surface area contributed by atoms with E-state index >= 15 is 0 Å². The van der Waals surface area contributed by atoms with Crippen molar-refractivity contribution >= 4 is 17.8 Å². The predicted molar refractivity (Wildman–Crippen MR) is 118 cm³/mol. The normalized spacial score (nSPS) is 11.2. The fraction of sp³-hybridized carbons (Fsp3) is 0.0833. The third-order valence-electron chi connectivity index (χ3n) is 4.38. The number of hydrogen-bond acceptors (Lipinski definition) is 3. The quantitative estimate of drug-likeness (QED) is 0.380. The van der Waals surface area contributed by atoms with Gasteiger partial charge in [0.05, 0.1) is 0 Å². The molecule has 0 aliphatic carbocycles. The largest absolute Gasteiger partial charge is 0.270 e. The summed E-state index contributed by atoms with van der Waals surface area (Å²) >= 11 is 1.68. The Bertz CT molecular complexity index is 1050. The fourth-order valence-corrected chi connectivity index (χ4v) is 3.70. The standard InChI is InChI=1S/C24H21N3S/c1-19-14-16-22(17-15-19)27-23(21-12-6-3-7-13-21)25-26-24(27)28-18-8-11-20-9-4-2-5-10-20/h2-17H,18H2,1H3. The van der Waals surface area contributed by atoms with Gasteiger partial charge in [0.25, 0.3) is 0 Å². The van der Waals surface area contributed by atoms with Gasteiger partial charge in [0.2, 0.25) is 0 Å². The Hall–Kier alpha value is -3.11. The minimum Gasteiger partial charge on any atom is -0.270 e. The maximum absolute atomic E-state index is 4.49. The summed E-state index contributed by atoms with van der Waals surface area (Å²) in [5, 5.41) is 9.86. The first-order valence-electron chi connectivity index (χ1n) is 9.23. The molecule has 0 aliphatic heterocycles. The molecule has 1 heterocycles. The van der Waals surface area contributed by atoms with Gasteiger partial charge >= 0.3 is 0 Å². The van der Waals surface area contributed by atoms with Gasteiger partial charge in [0, 0.05) is 17.0 Å². The van der Waals surface area contributed by atoms with Gasteiger partial charge in [-0.05, 0) is 24.6 Å². The molecule has 0 N–H and O–H groups in total. The Kier molecular flexibility index (Phi) is 5.69. The second-order valence-electron chi connectivity index (χ2n) is 6.47. The lowest BCUT2D eigenvalue weighted by atomic mass is 10.2. The highest BCUT2D eigenvalue weighted by atomic mass is 32.2. The lowest BCUT2D eigenvalue weighted by molar-refractivity contribution is 0.887. The molecule has 3 nitrogen and oxygen atoms in total. The summed E-state index contributed by atoms with van der Waals surface area (Å²) in [4.78, 5) is 0. The first-order valence-corrected chi connectivity index (χ1v) is 10.2. The van der Waals surface area contributed by atoms with Crippen molar-refractivity contribution < 1.29 is 0 Å². The zero-order chi connectivity index (χ0) is 19.2. The predicted octanol–water partition coefficient (Wildman–Crippen LogP) is 6.05. The number of nitrogens with zero attached hydrogens (tertiary/aromatic N) is 3. The second kappa shape index (κ2) is 8.72. The summed E-state index contributed by atoms with van der Waals surface area (Å²) in [6, 6.07) is 29.0. The van der Waals surface area contributed by atoms with Crippen molar-refractivity contribution in [2.24, 2.45) is 0 Å². The summed E-state index contributed by atoms with van der Waals surface area (Å²) < 4.78 is 2.13. The van der Waals surface area contributed by atoms with Crippen molar-refractivity contribution in [3.63, 3.8) is 0 Å². The molecule has 0 amide bonds. The number of thioether (sulfide) groups is 1. The topological polar surface area (TPSA) is 30.7 Å². The molecule has 1 aromatic heterocycles. The first-order chi connectivity index (χ1) is 13.8. The molecular weight excluding hydrogens is 362 g/mol. The van der Waals surface area contributed by atoms with Crippen molar-refractivity contribution in [2.75, 3.05) is 5.75 Å². The van der Waals surface area contributed by atoms with E-state index in [0.717, 1.165) is 28.0 Å². The number of aryl methyl sites for hydroxylation is 1. The number of aromatic nitrogens is 3. The van der Waals surface area contributed by atoms with E-state index < -0.39 is 0 Å². The maximum atomic E-state index is 4.49. The van der Waals surface area contributed by atoms with Crippen LogP contribution in [0.4, 0.5) is 0 Å². The minimum absolute atomic E-state index is 0.827. The summed E-state index contributed by atoms with van der Waals surface area (Å²) in [5.74, 6) is 1.69. The smallest absolute Gasteiger partial charge is 0.196 e. The Morgan fingerprint density at radius 1 is 0.821 bits per heavy atom. The second-order valence-corrected chi connectivity index (χ2v) is 7.45. The van der Waals surface area contributed by atoms with E-state index in [4.69, 9.17) is 0 Å². The number of rotatable bonds is 6. The summed E-state index contributed by atoms with van der Waals surface area (Å²) in [7, 11) is 0. The number of benzene rings is 3. The van der Waals surface area contributed by atoms with Crippen molar-refractivity contribution in [1.29, 1.82) is 0 Å². The van der Waals surface area contributed by atoms with Crippen molar-refractivity contribution in [3.05, 3.63) is 102 Å². The fourth-order valence-electron chi connectivity index (χ4n) is 2.94. The van der Waals surface area contributed by atoms with Crippen LogP contribution in [-0.2, 0) is 0 Å². The number of hydrogen-bond donors (Lipinski definition) is 0. The van der Waals surface area contributed by atoms with Gasteiger partial charge in [-0.15, -0.1) is 10.2 Å². The molecule has 0 saturated carbocycles. The lowest BCUT2D eigenvalue weighted by Gasteiger charge is -2.10. The molecule has 0 fully saturated rings. The van der Waals surface area contributed by atoms with Crippen LogP contribution in [0.5, 0.6) is 0 Å². The monoisotopic (exact) mass is 383 g/mol. The highest BCUT2D eigenvalue weighted by molar-refractivity contribution is 7.99. The maximum Gasteiger partial charge on any atom is 0.196 e. The van der Waals surface area contributed by atoms with Crippen molar-refractivity contribution in [1.82, 2.24) is 14.8 Å². The van der Waals surface area contributed by atoms with Crippen LogP contribution < -0.4 is 0 Å². The molecule has 4 rings (SSSR count). The van der Waals surface area contributed by atoms with Gasteiger partial charge in [0.15, 0.2) is 11.0 Å². The SMILES string of the molecule is Cc1ccc(-n2c(SCC=Cc3ccccc3)nnc2-c2ccccc2)cc1. The Balaban J connectivity index is 1.62. The van der Waals surface area contributed by atoms with E-state index in [1.54, 1.807) is 11.8 Å². The van der Waals surface area contributed by atoms with Crippen LogP contribution in [0, 0.1) is 6.92 Å². The molecule has 28 heavy (non-hydrogen) atoms. The van der Waals surface area contributed by atoms with Crippen LogP contribution in [0.2, 0.25) is 0 Å². The van der Waals surface area contributed by atoms with Crippen molar-refractivity contribution in [2.45, 2.75) is 12.1 Å². The highest BCUT2D eigenvalue weighted by Crippen LogP contribution is 2.28. The molecule has 0 spiro atoms. The Morgan fingerprint density at radius 3 is 2.21 bits per heavy atom. The summed E-state index contributed by atoms with van der Waals surface area (Å²) in [6.07, 6.45) is 4.30. The average molecular weight is 384 g/mol. The minimum atomic E-state index is 0.827. The molecule has 0 aliphatic rings.